The third kappa shape index (κ3) is 4.95. The van der Waals surface area contributed by atoms with E-state index in [0.717, 1.165) is 40.4 Å². The summed E-state index contributed by atoms with van der Waals surface area (Å²) in [6.07, 6.45) is 2.56. The van der Waals surface area contributed by atoms with Crippen LogP contribution in [-0.2, 0) is 13.1 Å². The van der Waals surface area contributed by atoms with Crippen LogP contribution in [0.1, 0.15) is 36.6 Å². The maximum atomic E-state index is 12.3. The highest BCUT2D eigenvalue weighted by Gasteiger charge is 2.15. The van der Waals surface area contributed by atoms with Crippen molar-refractivity contribution in [1.29, 1.82) is 0 Å². The molecule has 152 valence electrons. The highest BCUT2D eigenvalue weighted by molar-refractivity contribution is 5.89. The first-order valence-electron chi connectivity index (χ1n) is 10.3. The summed E-state index contributed by atoms with van der Waals surface area (Å²) in [5.74, 6) is 0.843. The minimum absolute atomic E-state index is 0.258. The van der Waals surface area contributed by atoms with Crippen molar-refractivity contribution in [3.05, 3.63) is 59.3 Å². The van der Waals surface area contributed by atoms with Gasteiger partial charge in [-0.15, -0.1) is 0 Å². The van der Waals surface area contributed by atoms with Crippen LogP contribution in [0.25, 0.3) is 11.0 Å². The van der Waals surface area contributed by atoms with Crippen molar-refractivity contribution in [2.45, 2.75) is 39.8 Å². The summed E-state index contributed by atoms with van der Waals surface area (Å²) in [6, 6.07) is 13.7. The first kappa shape index (κ1) is 19.5. The van der Waals surface area contributed by atoms with Crippen molar-refractivity contribution < 1.29 is 9.32 Å². The molecule has 1 aliphatic heterocycles. The molecule has 0 spiro atoms. The number of likely N-dealkylation sites (tertiary alicyclic amines) is 1. The maximum absolute atomic E-state index is 12.3. The molecule has 0 saturated carbocycles. The summed E-state index contributed by atoms with van der Waals surface area (Å²) in [7, 11) is 0. The van der Waals surface area contributed by atoms with Crippen LogP contribution in [0.4, 0.5) is 10.5 Å². The Hall–Kier alpha value is -2.86. The number of urea groups is 1. The SMILES string of the molecule is Cc1ccc2onc(CNC(=O)Nc3ccc(CN4CCC(C)CC4)cc3)c2c1. The Morgan fingerprint density at radius 2 is 1.93 bits per heavy atom. The largest absolute Gasteiger partial charge is 0.356 e. The molecule has 0 bridgehead atoms. The van der Waals surface area contributed by atoms with E-state index in [9.17, 15) is 4.79 Å². The van der Waals surface area contributed by atoms with E-state index < -0.39 is 0 Å². The van der Waals surface area contributed by atoms with Crippen LogP contribution in [0.5, 0.6) is 0 Å². The van der Waals surface area contributed by atoms with Gasteiger partial charge in [-0.1, -0.05) is 35.8 Å². The summed E-state index contributed by atoms with van der Waals surface area (Å²) >= 11 is 0. The van der Waals surface area contributed by atoms with Gasteiger partial charge in [-0.3, -0.25) is 4.90 Å². The quantitative estimate of drug-likeness (QED) is 0.661. The zero-order valence-electron chi connectivity index (χ0n) is 17.1. The number of hydrogen-bond acceptors (Lipinski definition) is 4. The molecule has 29 heavy (non-hydrogen) atoms. The van der Waals surface area contributed by atoms with Gasteiger partial charge in [-0.25, -0.2) is 4.79 Å². The molecule has 1 aliphatic rings. The first-order chi connectivity index (χ1) is 14.1. The molecule has 0 unspecified atom stereocenters. The molecular formula is C23H28N4O2. The number of benzene rings is 2. The lowest BCUT2D eigenvalue weighted by Gasteiger charge is -2.30. The molecule has 4 rings (SSSR count). The topological polar surface area (TPSA) is 70.4 Å². The molecule has 0 radical (unpaired) electrons. The van der Waals surface area contributed by atoms with Gasteiger partial charge in [0.25, 0.3) is 0 Å². The van der Waals surface area contributed by atoms with E-state index in [1.54, 1.807) is 0 Å². The Bertz CT molecular complexity index is 972. The second-order valence-electron chi connectivity index (χ2n) is 8.09. The molecule has 6 heteroatoms. The summed E-state index contributed by atoms with van der Waals surface area (Å²) in [5.41, 5.74) is 4.64. The summed E-state index contributed by atoms with van der Waals surface area (Å²) in [6.45, 7) is 7.96. The lowest BCUT2D eigenvalue weighted by Crippen LogP contribution is -2.32. The van der Waals surface area contributed by atoms with Crippen molar-refractivity contribution in [2.75, 3.05) is 18.4 Å². The van der Waals surface area contributed by atoms with Gasteiger partial charge < -0.3 is 15.2 Å². The van der Waals surface area contributed by atoms with Gasteiger partial charge in [0, 0.05) is 17.6 Å². The average molecular weight is 393 g/mol. The molecule has 3 aromatic rings. The van der Waals surface area contributed by atoms with E-state index in [2.05, 4.69) is 39.7 Å². The van der Waals surface area contributed by atoms with Gasteiger partial charge in [0.15, 0.2) is 5.58 Å². The number of fused-ring (bicyclic) bond motifs is 1. The normalized spacial score (nSPS) is 15.5. The van der Waals surface area contributed by atoms with Gasteiger partial charge in [0.2, 0.25) is 0 Å². The van der Waals surface area contributed by atoms with E-state index in [0.29, 0.717) is 6.54 Å². The van der Waals surface area contributed by atoms with E-state index in [-0.39, 0.29) is 6.03 Å². The number of piperidine rings is 1. The van der Waals surface area contributed by atoms with Gasteiger partial charge in [-0.05, 0) is 68.6 Å². The molecular weight excluding hydrogens is 364 g/mol. The van der Waals surface area contributed by atoms with Crippen molar-refractivity contribution in [3.8, 4) is 0 Å². The number of anilines is 1. The van der Waals surface area contributed by atoms with E-state index in [1.807, 2.05) is 37.3 Å². The van der Waals surface area contributed by atoms with Crippen molar-refractivity contribution in [3.63, 3.8) is 0 Å². The van der Waals surface area contributed by atoms with Gasteiger partial charge >= 0.3 is 6.03 Å². The van der Waals surface area contributed by atoms with Crippen LogP contribution in [0.15, 0.2) is 47.0 Å². The molecule has 2 amide bonds. The summed E-state index contributed by atoms with van der Waals surface area (Å²) in [4.78, 5) is 14.8. The van der Waals surface area contributed by atoms with Crippen molar-refractivity contribution >= 4 is 22.7 Å². The third-order valence-electron chi connectivity index (χ3n) is 5.61. The molecule has 0 aliphatic carbocycles. The van der Waals surface area contributed by atoms with E-state index in [4.69, 9.17) is 4.52 Å². The third-order valence-corrected chi connectivity index (χ3v) is 5.61. The Labute approximate surface area is 171 Å². The second-order valence-corrected chi connectivity index (χ2v) is 8.09. The van der Waals surface area contributed by atoms with Crippen LogP contribution in [0.3, 0.4) is 0 Å². The smallest absolute Gasteiger partial charge is 0.319 e. The Morgan fingerprint density at radius 1 is 1.17 bits per heavy atom. The summed E-state index contributed by atoms with van der Waals surface area (Å²) < 4.78 is 5.31. The molecule has 6 nitrogen and oxygen atoms in total. The van der Waals surface area contributed by atoms with Crippen LogP contribution < -0.4 is 10.6 Å². The number of aryl methyl sites for hydroxylation is 1. The Kier molecular flexibility index (Phi) is 5.81. The van der Waals surface area contributed by atoms with Crippen LogP contribution in [0.2, 0.25) is 0 Å². The zero-order chi connectivity index (χ0) is 20.2. The van der Waals surface area contributed by atoms with Crippen LogP contribution in [-0.4, -0.2) is 29.2 Å². The lowest BCUT2D eigenvalue weighted by atomic mass is 9.99. The number of nitrogens with one attached hydrogen (secondary N) is 2. The number of carbonyl (C=O) groups is 1. The van der Waals surface area contributed by atoms with E-state index in [1.165, 1.54) is 31.5 Å². The fourth-order valence-electron chi connectivity index (χ4n) is 3.74. The fourth-order valence-corrected chi connectivity index (χ4v) is 3.74. The number of aromatic nitrogens is 1. The van der Waals surface area contributed by atoms with Crippen molar-refractivity contribution in [2.24, 2.45) is 5.92 Å². The van der Waals surface area contributed by atoms with Gasteiger partial charge in [-0.2, -0.15) is 0 Å². The number of amides is 2. The second kappa shape index (κ2) is 8.66. The van der Waals surface area contributed by atoms with Crippen molar-refractivity contribution in [1.82, 2.24) is 15.4 Å². The van der Waals surface area contributed by atoms with Crippen LogP contribution in [0, 0.1) is 12.8 Å². The van der Waals surface area contributed by atoms with Gasteiger partial charge in [0.05, 0.1) is 6.54 Å². The molecule has 1 aromatic heterocycles. The van der Waals surface area contributed by atoms with E-state index >= 15 is 0 Å². The standard InChI is InChI=1S/C23H28N4O2/c1-16-9-11-27(12-10-16)15-18-4-6-19(7-5-18)25-23(28)24-14-21-20-13-17(2)3-8-22(20)29-26-21/h3-8,13,16H,9-12,14-15H2,1-2H3,(H2,24,25,28). The lowest BCUT2D eigenvalue weighted by molar-refractivity contribution is 0.185. The number of hydrogen-bond donors (Lipinski definition) is 2. The Balaban J connectivity index is 1.28. The van der Waals surface area contributed by atoms with Crippen LogP contribution >= 0.6 is 0 Å². The minimum atomic E-state index is -0.258. The van der Waals surface area contributed by atoms with Gasteiger partial charge in [0.1, 0.15) is 5.69 Å². The predicted octanol–water partition coefficient (Wildman–Crippen LogP) is 4.69. The maximum Gasteiger partial charge on any atom is 0.319 e. The molecule has 2 heterocycles. The minimum Gasteiger partial charge on any atom is -0.356 e. The zero-order valence-corrected chi connectivity index (χ0v) is 17.1. The Morgan fingerprint density at radius 3 is 2.69 bits per heavy atom. The first-order valence-corrected chi connectivity index (χ1v) is 10.3. The average Bonchev–Trinajstić information content (AvgIpc) is 3.12. The number of rotatable bonds is 5. The summed E-state index contributed by atoms with van der Waals surface area (Å²) in [5, 5.41) is 10.7. The molecule has 2 aromatic carbocycles. The molecule has 0 atom stereocenters. The molecule has 1 saturated heterocycles. The molecule has 1 fully saturated rings. The molecule has 2 N–H and O–H groups in total. The fraction of sp³-hybridized carbons (Fsp3) is 0.391. The number of carbonyl (C=O) groups excluding carboxylic acids is 1. The highest BCUT2D eigenvalue weighted by atomic mass is 16.5. The monoisotopic (exact) mass is 392 g/mol. The predicted molar refractivity (Wildman–Crippen MR) is 115 cm³/mol. The highest BCUT2D eigenvalue weighted by Crippen LogP contribution is 2.20. The number of nitrogens with zero attached hydrogens (tertiary/aromatic N) is 2.